The third-order valence-electron chi connectivity index (χ3n) is 3.31. The summed E-state index contributed by atoms with van der Waals surface area (Å²) >= 11 is 0. The highest BCUT2D eigenvalue weighted by molar-refractivity contribution is 6.05. The minimum Gasteiger partial charge on any atom is -0.491 e. The summed E-state index contributed by atoms with van der Waals surface area (Å²) in [5.74, 6) is 0.261. The molecule has 112 valence electrons. The summed E-state index contributed by atoms with van der Waals surface area (Å²) in [6, 6.07) is 7.69. The van der Waals surface area contributed by atoms with E-state index in [-0.39, 0.29) is 5.91 Å². The average Bonchev–Trinajstić information content (AvgIpc) is 2.87. The Kier molecular flexibility index (Phi) is 4.98. The molecule has 0 unspecified atom stereocenters. The van der Waals surface area contributed by atoms with Crippen LogP contribution in [0.1, 0.15) is 31.3 Å². The number of H-pyrrole nitrogens is 1. The van der Waals surface area contributed by atoms with E-state index in [1.165, 1.54) is 0 Å². The van der Waals surface area contributed by atoms with E-state index in [0.29, 0.717) is 18.1 Å². The van der Waals surface area contributed by atoms with Crippen molar-refractivity contribution in [2.45, 2.75) is 20.8 Å². The largest absolute Gasteiger partial charge is 0.491 e. The van der Waals surface area contributed by atoms with Gasteiger partial charge in [0, 0.05) is 24.0 Å². The standard InChI is InChI=1S/C16H21N3O2/c1-4-19(5-2)11-17-16(20)14-15(21-6-3)12-9-7-8-10-13(12)18-14/h7-11,18H,4-6H2,1-3H3. The molecule has 1 N–H and O–H groups in total. The van der Waals surface area contributed by atoms with Crippen LogP contribution in [0.25, 0.3) is 10.9 Å². The molecule has 0 bridgehead atoms. The smallest absolute Gasteiger partial charge is 0.298 e. The number of nitrogens with zero attached hydrogens (tertiary/aromatic N) is 2. The van der Waals surface area contributed by atoms with Crippen LogP contribution in [0.3, 0.4) is 0 Å². The van der Waals surface area contributed by atoms with Crippen molar-refractivity contribution in [3.8, 4) is 5.75 Å². The number of carbonyl (C=O) groups is 1. The van der Waals surface area contributed by atoms with Gasteiger partial charge in [-0.25, -0.2) is 0 Å². The molecule has 1 aromatic heterocycles. The number of aliphatic imine (C=N–C) groups is 1. The highest BCUT2D eigenvalue weighted by Gasteiger charge is 2.18. The van der Waals surface area contributed by atoms with Gasteiger partial charge in [0.15, 0.2) is 11.4 Å². The summed E-state index contributed by atoms with van der Waals surface area (Å²) in [5, 5.41) is 0.903. The highest BCUT2D eigenvalue weighted by atomic mass is 16.5. The summed E-state index contributed by atoms with van der Waals surface area (Å²) in [4.78, 5) is 21.4. The van der Waals surface area contributed by atoms with Crippen LogP contribution in [-0.4, -0.2) is 41.8 Å². The molecule has 0 saturated heterocycles. The summed E-state index contributed by atoms with van der Waals surface area (Å²) in [6.45, 7) is 8.08. The molecule has 0 saturated carbocycles. The monoisotopic (exact) mass is 287 g/mol. The third kappa shape index (κ3) is 3.24. The number of nitrogens with one attached hydrogen (secondary N) is 1. The summed E-state index contributed by atoms with van der Waals surface area (Å²) in [6.07, 6.45) is 1.59. The molecule has 0 aliphatic carbocycles. The molecule has 5 heteroatoms. The lowest BCUT2D eigenvalue weighted by Crippen LogP contribution is -2.21. The second kappa shape index (κ2) is 6.92. The third-order valence-corrected chi connectivity index (χ3v) is 3.31. The van der Waals surface area contributed by atoms with Crippen LogP contribution in [0, 0.1) is 0 Å². The molecule has 0 aliphatic rings. The molecule has 1 heterocycles. The van der Waals surface area contributed by atoms with Gasteiger partial charge >= 0.3 is 0 Å². The Balaban J connectivity index is 2.36. The normalized spacial score (nSPS) is 11.2. The van der Waals surface area contributed by atoms with Crippen molar-refractivity contribution in [2.24, 2.45) is 4.99 Å². The first-order valence-electron chi connectivity index (χ1n) is 7.27. The van der Waals surface area contributed by atoms with E-state index in [9.17, 15) is 4.79 Å². The molecule has 5 nitrogen and oxygen atoms in total. The Morgan fingerprint density at radius 3 is 2.67 bits per heavy atom. The van der Waals surface area contributed by atoms with Crippen LogP contribution >= 0.6 is 0 Å². The first-order valence-corrected chi connectivity index (χ1v) is 7.27. The van der Waals surface area contributed by atoms with Gasteiger partial charge in [0.05, 0.1) is 12.9 Å². The molecular formula is C16H21N3O2. The Morgan fingerprint density at radius 1 is 1.29 bits per heavy atom. The maximum absolute atomic E-state index is 12.3. The summed E-state index contributed by atoms with van der Waals surface area (Å²) in [7, 11) is 0. The second-order valence-corrected chi connectivity index (χ2v) is 4.58. The van der Waals surface area contributed by atoms with Crippen LogP contribution in [0.2, 0.25) is 0 Å². The number of amides is 1. The number of aromatic nitrogens is 1. The number of benzene rings is 1. The maximum Gasteiger partial charge on any atom is 0.298 e. The van der Waals surface area contributed by atoms with Gasteiger partial charge in [-0.1, -0.05) is 12.1 Å². The van der Waals surface area contributed by atoms with Gasteiger partial charge in [-0.15, -0.1) is 0 Å². The molecule has 0 spiro atoms. The number of ether oxygens (including phenoxy) is 1. The minimum absolute atomic E-state index is 0.318. The zero-order valence-electron chi connectivity index (χ0n) is 12.7. The Bertz CT molecular complexity index is 642. The van der Waals surface area contributed by atoms with E-state index in [1.54, 1.807) is 6.34 Å². The molecule has 21 heavy (non-hydrogen) atoms. The topological polar surface area (TPSA) is 57.7 Å². The van der Waals surface area contributed by atoms with E-state index in [4.69, 9.17) is 4.74 Å². The molecule has 1 amide bonds. The summed E-state index contributed by atoms with van der Waals surface area (Å²) < 4.78 is 5.63. The van der Waals surface area contributed by atoms with Gasteiger partial charge in [-0.05, 0) is 32.9 Å². The Morgan fingerprint density at radius 2 is 2.00 bits per heavy atom. The fourth-order valence-corrected chi connectivity index (χ4v) is 2.15. The summed E-state index contributed by atoms with van der Waals surface area (Å²) in [5.41, 5.74) is 1.28. The van der Waals surface area contributed by atoms with E-state index in [2.05, 4.69) is 9.98 Å². The van der Waals surface area contributed by atoms with Crippen molar-refractivity contribution in [2.75, 3.05) is 19.7 Å². The molecule has 1 aromatic carbocycles. The number of aromatic amines is 1. The number of hydrogen-bond acceptors (Lipinski definition) is 2. The Labute approximate surface area is 124 Å². The Hall–Kier alpha value is -2.30. The van der Waals surface area contributed by atoms with Crippen molar-refractivity contribution in [1.29, 1.82) is 0 Å². The van der Waals surface area contributed by atoms with Gasteiger partial charge < -0.3 is 14.6 Å². The SMILES string of the molecule is CCOc1c(C(=O)N=CN(CC)CC)[nH]c2ccccc12. The number of para-hydroxylation sites is 1. The molecule has 2 aromatic rings. The fourth-order valence-electron chi connectivity index (χ4n) is 2.15. The molecular weight excluding hydrogens is 266 g/mol. The molecule has 0 atom stereocenters. The lowest BCUT2D eigenvalue weighted by atomic mass is 10.2. The maximum atomic E-state index is 12.3. The second-order valence-electron chi connectivity index (χ2n) is 4.58. The van der Waals surface area contributed by atoms with Crippen LogP contribution in [0.4, 0.5) is 0 Å². The van der Waals surface area contributed by atoms with E-state index in [1.807, 2.05) is 49.9 Å². The van der Waals surface area contributed by atoms with Crippen molar-refractivity contribution in [3.63, 3.8) is 0 Å². The predicted molar refractivity (Wildman–Crippen MR) is 85.2 cm³/mol. The van der Waals surface area contributed by atoms with Crippen molar-refractivity contribution in [1.82, 2.24) is 9.88 Å². The highest BCUT2D eigenvalue weighted by Crippen LogP contribution is 2.30. The van der Waals surface area contributed by atoms with E-state index >= 15 is 0 Å². The van der Waals surface area contributed by atoms with Crippen LogP contribution in [-0.2, 0) is 0 Å². The zero-order chi connectivity index (χ0) is 15.2. The van der Waals surface area contributed by atoms with E-state index in [0.717, 1.165) is 24.0 Å². The van der Waals surface area contributed by atoms with Gasteiger partial charge in [-0.2, -0.15) is 4.99 Å². The van der Waals surface area contributed by atoms with Crippen molar-refractivity contribution in [3.05, 3.63) is 30.0 Å². The quantitative estimate of drug-likeness (QED) is 0.656. The van der Waals surface area contributed by atoms with Crippen LogP contribution in [0.5, 0.6) is 5.75 Å². The zero-order valence-corrected chi connectivity index (χ0v) is 12.7. The average molecular weight is 287 g/mol. The van der Waals surface area contributed by atoms with Crippen LogP contribution < -0.4 is 4.74 Å². The van der Waals surface area contributed by atoms with Crippen molar-refractivity contribution < 1.29 is 9.53 Å². The van der Waals surface area contributed by atoms with Gasteiger partial charge in [0.25, 0.3) is 5.91 Å². The first kappa shape index (κ1) is 15.1. The van der Waals surface area contributed by atoms with Gasteiger partial charge in [0.2, 0.25) is 0 Å². The lowest BCUT2D eigenvalue weighted by molar-refractivity contribution is 0.0994. The lowest BCUT2D eigenvalue weighted by Gasteiger charge is -2.12. The number of fused-ring (bicyclic) bond motifs is 1. The predicted octanol–water partition coefficient (Wildman–Crippen LogP) is 3.08. The molecule has 2 rings (SSSR count). The molecule has 0 aliphatic heterocycles. The van der Waals surface area contributed by atoms with Crippen LogP contribution in [0.15, 0.2) is 29.3 Å². The number of rotatable bonds is 6. The van der Waals surface area contributed by atoms with Gasteiger partial charge in [0.1, 0.15) is 0 Å². The minimum atomic E-state index is -0.318. The fraction of sp³-hybridized carbons (Fsp3) is 0.375. The molecule has 0 radical (unpaired) electrons. The molecule has 0 fully saturated rings. The number of carbonyl (C=O) groups excluding carboxylic acids is 1. The van der Waals surface area contributed by atoms with Gasteiger partial charge in [-0.3, -0.25) is 4.79 Å². The number of hydrogen-bond donors (Lipinski definition) is 1. The van der Waals surface area contributed by atoms with Crippen molar-refractivity contribution >= 4 is 23.1 Å². The first-order chi connectivity index (χ1) is 10.2. The van der Waals surface area contributed by atoms with E-state index < -0.39 is 0 Å².